The minimum absolute atomic E-state index is 0.0938. The zero-order valence-electron chi connectivity index (χ0n) is 13.7. The molecule has 0 atom stereocenters. The number of halogens is 2. The highest BCUT2D eigenvalue weighted by Crippen LogP contribution is 2.36. The van der Waals surface area contributed by atoms with Crippen LogP contribution in [0.15, 0.2) is 18.2 Å². The van der Waals surface area contributed by atoms with E-state index < -0.39 is 18.1 Å². The number of hydrogen-bond donors (Lipinski definition) is 0. The smallest absolute Gasteiger partial charge is 0.357 e. The maximum atomic E-state index is 14.5. The molecule has 0 unspecified atom stereocenters. The predicted molar refractivity (Wildman–Crippen MR) is 87.8 cm³/mol. The van der Waals surface area contributed by atoms with Crippen molar-refractivity contribution in [3.05, 3.63) is 46.1 Å². The van der Waals surface area contributed by atoms with E-state index in [1.54, 1.807) is 26.0 Å². The number of rotatable bonds is 4. The lowest BCUT2D eigenvalue weighted by Crippen LogP contribution is -2.17. The molecule has 1 aliphatic heterocycles. The fourth-order valence-corrected chi connectivity index (χ4v) is 2.73. The second-order valence-corrected chi connectivity index (χ2v) is 5.72. The summed E-state index contributed by atoms with van der Waals surface area (Å²) in [6.07, 6.45) is -0.896. The molecule has 1 aromatic heterocycles. The highest BCUT2D eigenvalue weighted by molar-refractivity contribution is 6.28. The van der Waals surface area contributed by atoms with Crippen molar-refractivity contribution in [3.63, 3.8) is 0 Å². The molecule has 1 aliphatic rings. The standard InChI is InChI=1S/C17H16ClFN2O4/c1-3-23-15(22)14-12(16-24-6-7-25-16)13(20-17(18)21-14)10-5-4-9(2)8-11(10)19/h4-5,8,16H,3,6-7H2,1-2H3. The van der Waals surface area contributed by atoms with Gasteiger partial charge in [0.15, 0.2) is 12.0 Å². The van der Waals surface area contributed by atoms with Gasteiger partial charge in [0.25, 0.3) is 0 Å². The van der Waals surface area contributed by atoms with Gasteiger partial charge in [-0.3, -0.25) is 0 Å². The van der Waals surface area contributed by atoms with Crippen molar-refractivity contribution < 1.29 is 23.4 Å². The van der Waals surface area contributed by atoms with Gasteiger partial charge in [-0.15, -0.1) is 0 Å². The van der Waals surface area contributed by atoms with Crippen molar-refractivity contribution in [2.45, 2.75) is 20.1 Å². The van der Waals surface area contributed by atoms with E-state index >= 15 is 0 Å². The molecular weight excluding hydrogens is 351 g/mol. The van der Waals surface area contributed by atoms with Gasteiger partial charge in [-0.1, -0.05) is 6.07 Å². The molecule has 1 aromatic carbocycles. The zero-order chi connectivity index (χ0) is 18.0. The second-order valence-electron chi connectivity index (χ2n) is 5.38. The van der Waals surface area contributed by atoms with Crippen LogP contribution in [0.5, 0.6) is 0 Å². The molecule has 1 saturated heterocycles. The Labute approximate surface area is 148 Å². The Kier molecular flexibility index (Phi) is 5.27. The largest absolute Gasteiger partial charge is 0.461 e. The van der Waals surface area contributed by atoms with Crippen LogP contribution >= 0.6 is 11.6 Å². The van der Waals surface area contributed by atoms with Crippen molar-refractivity contribution in [1.29, 1.82) is 0 Å². The third kappa shape index (κ3) is 3.63. The molecule has 25 heavy (non-hydrogen) atoms. The Hall–Kier alpha value is -2.09. The van der Waals surface area contributed by atoms with E-state index in [2.05, 4.69) is 9.97 Å². The van der Waals surface area contributed by atoms with E-state index in [-0.39, 0.29) is 34.4 Å². The van der Waals surface area contributed by atoms with Gasteiger partial charge in [0.1, 0.15) is 5.82 Å². The summed E-state index contributed by atoms with van der Waals surface area (Å²) in [5.41, 5.74) is 1.19. The van der Waals surface area contributed by atoms with Crippen LogP contribution in [0.1, 0.15) is 34.8 Å². The second kappa shape index (κ2) is 7.43. The zero-order valence-corrected chi connectivity index (χ0v) is 14.5. The summed E-state index contributed by atoms with van der Waals surface area (Å²) >= 11 is 5.97. The highest BCUT2D eigenvalue weighted by atomic mass is 35.5. The topological polar surface area (TPSA) is 70.5 Å². The maximum Gasteiger partial charge on any atom is 0.357 e. The molecule has 3 rings (SSSR count). The van der Waals surface area contributed by atoms with Gasteiger partial charge >= 0.3 is 5.97 Å². The van der Waals surface area contributed by atoms with Gasteiger partial charge in [-0.05, 0) is 43.1 Å². The van der Waals surface area contributed by atoms with Gasteiger partial charge in [-0.2, -0.15) is 0 Å². The van der Waals surface area contributed by atoms with Gasteiger partial charge < -0.3 is 14.2 Å². The molecule has 0 amide bonds. The SMILES string of the molecule is CCOC(=O)c1nc(Cl)nc(-c2ccc(C)cc2F)c1C1OCCO1. The first-order valence-electron chi connectivity index (χ1n) is 7.75. The van der Waals surface area contributed by atoms with E-state index in [1.165, 1.54) is 6.07 Å². The third-order valence-electron chi connectivity index (χ3n) is 3.62. The fourth-order valence-electron chi connectivity index (χ4n) is 2.56. The molecule has 8 heteroatoms. The number of hydrogen-bond acceptors (Lipinski definition) is 6. The molecule has 0 spiro atoms. The Bertz CT molecular complexity index is 809. The van der Waals surface area contributed by atoms with E-state index in [9.17, 15) is 9.18 Å². The summed E-state index contributed by atoms with van der Waals surface area (Å²) in [4.78, 5) is 20.4. The number of benzene rings is 1. The number of aromatic nitrogens is 2. The molecule has 0 N–H and O–H groups in total. The normalized spacial score (nSPS) is 14.7. The lowest BCUT2D eigenvalue weighted by atomic mass is 10.0. The summed E-state index contributed by atoms with van der Waals surface area (Å²) < 4.78 is 30.5. The van der Waals surface area contributed by atoms with Crippen molar-refractivity contribution in [2.75, 3.05) is 19.8 Å². The van der Waals surface area contributed by atoms with Crippen molar-refractivity contribution in [2.24, 2.45) is 0 Å². The van der Waals surface area contributed by atoms with Crippen LogP contribution in [0.2, 0.25) is 5.28 Å². The summed E-state index contributed by atoms with van der Waals surface area (Å²) in [7, 11) is 0. The first-order chi connectivity index (χ1) is 12.0. The molecule has 2 aromatic rings. The molecule has 0 aliphatic carbocycles. The molecule has 132 valence electrons. The molecule has 0 bridgehead atoms. The Balaban J connectivity index is 2.23. The van der Waals surface area contributed by atoms with Crippen LogP contribution in [-0.4, -0.2) is 35.8 Å². The number of carbonyl (C=O) groups excluding carboxylic acids is 1. The van der Waals surface area contributed by atoms with E-state index in [1.807, 2.05) is 0 Å². The van der Waals surface area contributed by atoms with Gasteiger partial charge in [0.2, 0.25) is 5.28 Å². The van der Waals surface area contributed by atoms with Crippen LogP contribution < -0.4 is 0 Å². The number of aryl methyl sites for hydroxylation is 1. The molecular formula is C17H16ClFN2O4. The maximum absolute atomic E-state index is 14.5. The quantitative estimate of drug-likeness (QED) is 0.609. The van der Waals surface area contributed by atoms with Crippen molar-refractivity contribution >= 4 is 17.6 Å². The van der Waals surface area contributed by atoms with Crippen LogP contribution in [0, 0.1) is 12.7 Å². The number of nitrogens with zero attached hydrogens (tertiary/aromatic N) is 2. The summed E-state index contributed by atoms with van der Waals surface area (Å²) in [5, 5.41) is -0.195. The Morgan fingerprint density at radius 3 is 2.72 bits per heavy atom. The highest BCUT2D eigenvalue weighted by Gasteiger charge is 2.32. The van der Waals surface area contributed by atoms with Gasteiger partial charge in [0, 0.05) is 5.56 Å². The number of esters is 1. The van der Waals surface area contributed by atoms with Gasteiger partial charge in [0.05, 0.1) is 31.1 Å². The first-order valence-corrected chi connectivity index (χ1v) is 8.13. The minimum atomic E-state index is -0.896. The minimum Gasteiger partial charge on any atom is -0.461 e. The van der Waals surface area contributed by atoms with Gasteiger partial charge in [-0.25, -0.2) is 19.2 Å². The Morgan fingerprint density at radius 1 is 1.36 bits per heavy atom. The summed E-state index contributed by atoms with van der Waals surface area (Å²) in [6, 6.07) is 4.67. The molecule has 0 radical (unpaired) electrons. The van der Waals surface area contributed by atoms with E-state index in [4.69, 9.17) is 25.8 Å². The van der Waals surface area contributed by atoms with Crippen LogP contribution in [0.25, 0.3) is 11.3 Å². The lowest BCUT2D eigenvalue weighted by Gasteiger charge is -2.17. The Morgan fingerprint density at radius 2 is 2.08 bits per heavy atom. The number of ether oxygens (including phenoxy) is 3. The predicted octanol–water partition coefficient (Wildman–Crippen LogP) is 3.47. The average Bonchev–Trinajstić information content (AvgIpc) is 3.08. The third-order valence-corrected chi connectivity index (χ3v) is 3.79. The molecule has 6 nitrogen and oxygen atoms in total. The fraction of sp³-hybridized carbons (Fsp3) is 0.353. The lowest BCUT2D eigenvalue weighted by molar-refractivity contribution is -0.0450. The van der Waals surface area contributed by atoms with Crippen molar-refractivity contribution in [1.82, 2.24) is 9.97 Å². The van der Waals surface area contributed by atoms with Crippen LogP contribution in [0.3, 0.4) is 0 Å². The number of carbonyl (C=O) groups is 1. The average molecular weight is 367 g/mol. The summed E-state index contributed by atoms with van der Waals surface area (Å²) in [5.74, 6) is -1.20. The monoisotopic (exact) mass is 366 g/mol. The summed E-state index contributed by atoms with van der Waals surface area (Å²) in [6.45, 7) is 4.27. The van der Waals surface area contributed by atoms with Crippen molar-refractivity contribution in [3.8, 4) is 11.3 Å². The molecule has 0 saturated carbocycles. The van der Waals surface area contributed by atoms with E-state index in [0.29, 0.717) is 13.2 Å². The molecule has 2 heterocycles. The van der Waals surface area contributed by atoms with Crippen LogP contribution in [0.4, 0.5) is 4.39 Å². The van der Waals surface area contributed by atoms with E-state index in [0.717, 1.165) is 5.56 Å². The van der Waals surface area contributed by atoms with Crippen LogP contribution in [-0.2, 0) is 14.2 Å². The molecule has 1 fully saturated rings. The first kappa shape index (κ1) is 17.7.